The molecule has 0 rings (SSSR count). The van der Waals surface area contributed by atoms with Crippen molar-refractivity contribution in [3.63, 3.8) is 0 Å². The lowest BCUT2D eigenvalue weighted by molar-refractivity contribution is -0.00425. The largest absolute Gasteiger partial charge is 0.393 e. The van der Waals surface area contributed by atoms with Crippen LogP contribution in [0.1, 0.15) is 54.7 Å². The summed E-state index contributed by atoms with van der Waals surface area (Å²) in [4.78, 5) is 0. The Bertz CT molecular complexity index is 276. The molecule has 0 radical (unpaired) electrons. The van der Waals surface area contributed by atoms with Crippen molar-refractivity contribution in [3.05, 3.63) is 23.3 Å². The lowest BCUT2D eigenvalue weighted by atomic mass is 10.00. The van der Waals surface area contributed by atoms with Crippen molar-refractivity contribution >= 4 is 0 Å². The zero-order chi connectivity index (χ0) is 13.5. The van der Waals surface area contributed by atoms with Crippen molar-refractivity contribution in [1.29, 1.82) is 0 Å². The zero-order valence-corrected chi connectivity index (χ0v) is 11.0. The smallest absolute Gasteiger partial charge is 0.0852 e. The van der Waals surface area contributed by atoms with Gasteiger partial charge in [-0.1, -0.05) is 23.3 Å². The van der Waals surface area contributed by atoms with Gasteiger partial charge < -0.3 is 10.2 Å². The molecule has 0 bridgehead atoms. The minimum atomic E-state index is -1.31. The van der Waals surface area contributed by atoms with Crippen molar-refractivity contribution in [2.24, 2.45) is 0 Å². The van der Waals surface area contributed by atoms with Crippen molar-refractivity contribution in [2.75, 3.05) is 6.61 Å². The van der Waals surface area contributed by atoms with E-state index in [-0.39, 0.29) is 6.61 Å². The molecule has 16 heavy (non-hydrogen) atoms. The van der Waals surface area contributed by atoms with Gasteiger partial charge in [-0.25, -0.2) is 0 Å². The van der Waals surface area contributed by atoms with E-state index < -0.39 is 12.0 Å². The third-order valence-electron chi connectivity index (χ3n) is 2.44. The molecule has 0 unspecified atom stereocenters. The monoisotopic (exact) mass is 227 g/mol. The second kappa shape index (κ2) is 7.64. The Hall–Kier alpha value is -0.600. The second-order valence-corrected chi connectivity index (χ2v) is 4.83. The Morgan fingerprint density at radius 1 is 1.25 bits per heavy atom. The van der Waals surface area contributed by atoms with E-state index in [0.717, 1.165) is 12.8 Å². The Balaban J connectivity index is 4.11. The van der Waals surface area contributed by atoms with E-state index in [2.05, 4.69) is 19.9 Å². The van der Waals surface area contributed by atoms with Crippen LogP contribution in [-0.2, 0) is 0 Å². The first-order valence-electron chi connectivity index (χ1n) is 6.42. The maximum Gasteiger partial charge on any atom is 0.0852 e. The third kappa shape index (κ3) is 8.69. The van der Waals surface area contributed by atoms with Gasteiger partial charge in [-0.2, -0.15) is 0 Å². The fourth-order valence-electron chi connectivity index (χ4n) is 1.27. The van der Waals surface area contributed by atoms with Crippen LogP contribution in [0.15, 0.2) is 23.3 Å². The van der Waals surface area contributed by atoms with Gasteiger partial charge in [-0.15, -0.1) is 0 Å². The van der Waals surface area contributed by atoms with Gasteiger partial charge in [0.15, 0.2) is 0 Å². The first-order chi connectivity index (χ1) is 7.79. The normalized spacial score (nSPS) is 18.6. The number of allylic oxidation sites excluding steroid dienone is 4. The van der Waals surface area contributed by atoms with Gasteiger partial charge in [0, 0.05) is 1.37 Å². The molecule has 2 heteroatoms. The molecule has 0 fully saturated rings. The molecule has 0 saturated heterocycles. The average Bonchev–Trinajstić information content (AvgIpc) is 2.25. The number of hydrogen-bond acceptors (Lipinski definition) is 2. The summed E-state index contributed by atoms with van der Waals surface area (Å²) in [6, 6.07) is 0. The lowest BCUT2D eigenvalue weighted by Crippen LogP contribution is -2.28. The Labute approximate surface area is 101 Å². The Kier molecular flexibility index (Phi) is 6.43. The fourth-order valence-corrected chi connectivity index (χ4v) is 1.27. The molecule has 0 heterocycles. The van der Waals surface area contributed by atoms with Crippen LogP contribution in [0, 0.1) is 0 Å². The summed E-state index contributed by atoms with van der Waals surface area (Å²) in [6.45, 7) is 7.33. The molecule has 0 amide bonds. The maximum atomic E-state index is 9.68. The quantitative estimate of drug-likeness (QED) is 0.656. The van der Waals surface area contributed by atoms with Crippen LogP contribution in [-0.4, -0.2) is 22.4 Å². The molecule has 0 aromatic heterocycles. The van der Waals surface area contributed by atoms with Crippen LogP contribution >= 0.6 is 0 Å². The van der Waals surface area contributed by atoms with E-state index in [1.54, 1.807) is 0 Å². The standard InChI is InChI=1S/C14H26O2/c1-12(2)7-5-8-13(3)9-6-10-14(4,16)11-15/h7,9,15-16H,5-6,8,10-11H2,1-4H3/b13-9+/t14-/m0/s1/i10D/t10-,14-. The van der Waals surface area contributed by atoms with Gasteiger partial charge in [-0.05, 0) is 53.4 Å². The summed E-state index contributed by atoms with van der Waals surface area (Å²) < 4.78 is 7.75. The van der Waals surface area contributed by atoms with Gasteiger partial charge in [-0.3, -0.25) is 0 Å². The van der Waals surface area contributed by atoms with E-state index in [1.807, 2.05) is 13.0 Å². The third-order valence-corrected chi connectivity index (χ3v) is 2.44. The Morgan fingerprint density at radius 3 is 2.38 bits per heavy atom. The zero-order valence-electron chi connectivity index (χ0n) is 12.0. The lowest BCUT2D eigenvalue weighted by Gasteiger charge is -2.18. The molecule has 0 aliphatic carbocycles. The molecule has 0 aromatic rings. The van der Waals surface area contributed by atoms with E-state index in [9.17, 15) is 5.11 Å². The highest BCUT2D eigenvalue weighted by molar-refractivity contribution is 5.02. The molecule has 94 valence electrons. The maximum absolute atomic E-state index is 9.68. The Morgan fingerprint density at radius 2 is 1.88 bits per heavy atom. The van der Waals surface area contributed by atoms with E-state index in [1.165, 1.54) is 18.1 Å². The SMILES string of the molecule is [2H][C@@H](C/C=C(\C)CCC=C(C)C)[C@](C)(O)CO. The summed E-state index contributed by atoms with van der Waals surface area (Å²) in [7, 11) is 0. The molecule has 0 saturated carbocycles. The summed E-state index contributed by atoms with van der Waals surface area (Å²) in [5.74, 6) is 0. The number of aliphatic hydroxyl groups is 2. The highest BCUT2D eigenvalue weighted by Crippen LogP contribution is 2.14. The van der Waals surface area contributed by atoms with Crippen molar-refractivity contribution in [3.8, 4) is 0 Å². The van der Waals surface area contributed by atoms with Crippen molar-refractivity contribution in [2.45, 2.75) is 59.0 Å². The summed E-state index contributed by atoms with van der Waals surface area (Å²) >= 11 is 0. The van der Waals surface area contributed by atoms with E-state index >= 15 is 0 Å². The molecule has 0 aliphatic heterocycles. The van der Waals surface area contributed by atoms with Crippen LogP contribution < -0.4 is 0 Å². The van der Waals surface area contributed by atoms with Crippen LogP contribution in [0.5, 0.6) is 0 Å². The minimum absolute atomic E-state index is 0.369. The van der Waals surface area contributed by atoms with Gasteiger partial charge in [0.1, 0.15) is 0 Å². The topological polar surface area (TPSA) is 40.5 Å². The summed E-state index contributed by atoms with van der Waals surface area (Å²) in [5.41, 5.74) is 1.24. The van der Waals surface area contributed by atoms with Crippen LogP contribution in [0.4, 0.5) is 0 Å². The molecule has 2 atom stereocenters. The molecule has 0 aliphatic rings. The first-order valence-corrected chi connectivity index (χ1v) is 5.84. The number of rotatable bonds is 7. The predicted molar refractivity (Wildman–Crippen MR) is 69.4 cm³/mol. The summed E-state index contributed by atoms with van der Waals surface area (Å²) in [6.07, 6.45) is 5.99. The van der Waals surface area contributed by atoms with Gasteiger partial charge in [0.05, 0.1) is 12.2 Å². The average molecular weight is 227 g/mol. The van der Waals surface area contributed by atoms with Gasteiger partial charge in [0.2, 0.25) is 0 Å². The van der Waals surface area contributed by atoms with Crippen molar-refractivity contribution in [1.82, 2.24) is 0 Å². The fraction of sp³-hybridized carbons (Fsp3) is 0.714. The first kappa shape index (κ1) is 13.5. The second-order valence-electron chi connectivity index (χ2n) is 4.83. The molecular formula is C14H26O2. The molecule has 2 nitrogen and oxygen atoms in total. The number of aliphatic hydroxyl groups excluding tert-OH is 1. The molecular weight excluding hydrogens is 200 g/mol. The van der Waals surface area contributed by atoms with Gasteiger partial charge >= 0.3 is 0 Å². The molecule has 0 spiro atoms. The van der Waals surface area contributed by atoms with E-state index in [4.69, 9.17) is 6.48 Å². The molecule has 2 N–H and O–H groups in total. The van der Waals surface area contributed by atoms with Crippen LogP contribution in [0.25, 0.3) is 0 Å². The minimum Gasteiger partial charge on any atom is -0.393 e. The van der Waals surface area contributed by atoms with E-state index in [0.29, 0.717) is 6.42 Å². The van der Waals surface area contributed by atoms with Crippen LogP contribution in [0.2, 0.25) is 0 Å². The van der Waals surface area contributed by atoms with Crippen molar-refractivity contribution < 1.29 is 11.6 Å². The molecule has 0 aromatic carbocycles. The highest BCUT2D eigenvalue weighted by atomic mass is 16.3. The predicted octanol–water partition coefficient (Wildman–Crippen LogP) is 3.20. The van der Waals surface area contributed by atoms with Gasteiger partial charge in [0.25, 0.3) is 0 Å². The van der Waals surface area contributed by atoms with Crippen LogP contribution in [0.3, 0.4) is 0 Å². The summed E-state index contributed by atoms with van der Waals surface area (Å²) in [5, 5.41) is 18.6. The number of hydrogen-bond donors (Lipinski definition) is 2. The highest BCUT2D eigenvalue weighted by Gasteiger charge is 2.16.